The Labute approximate surface area is 93.8 Å². The minimum atomic E-state index is -1.42. The van der Waals surface area contributed by atoms with Crippen LogP contribution in [-0.2, 0) is 28.6 Å². The monoisotopic (exact) mass is 232 g/mol. The molecule has 0 spiro atoms. The van der Waals surface area contributed by atoms with Gasteiger partial charge >= 0.3 is 17.9 Å². The van der Waals surface area contributed by atoms with E-state index >= 15 is 0 Å². The van der Waals surface area contributed by atoms with Crippen LogP contribution in [0, 0.1) is 0 Å². The third-order valence-electron chi connectivity index (χ3n) is 1.71. The van der Waals surface area contributed by atoms with Gasteiger partial charge in [0, 0.05) is 6.92 Å². The molecule has 0 rings (SSSR count). The lowest BCUT2D eigenvalue weighted by molar-refractivity contribution is -0.184. The number of ether oxygens (including phenoxy) is 3. The Morgan fingerprint density at radius 3 is 2.06 bits per heavy atom. The van der Waals surface area contributed by atoms with Crippen LogP contribution in [0.3, 0.4) is 0 Å². The number of carbonyl (C=O) groups excluding carboxylic acids is 3. The standard InChI is InChI=1S/C10H16O6/c1-6(8(12)14-5)15-9(13)10(3,4)16-7(2)11/h6H,1-5H3. The van der Waals surface area contributed by atoms with E-state index in [2.05, 4.69) is 4.74 Å². The van der Waals surface area contributed by atoms with Gasteiger partial charge in [-0.15, -0.1) is 0 Å². The molecule has 0 aliphatic carbocycles. The average Bonchev–Trinajstić information content (AvgIpc) is 2.14. The summed E-state index contributed by atoms with van der Waals surface area (Å²) in [6.07, 6.45) is -1.03. The summed E-state index contributed by atoms with van der Waals surface area (Å²) in [7, 11) is 1.18. The maximum Gasteiger partial charge on any atom is 0.350 e. The molecule has 0 aromatic heterocycles. The summed E-state index contributed by atoms with van der Waals surface area (Å²) in [6, 6.07) is 0. The molecule has 0 bridgehead atoms. The van der Waals surface area contributed by atoms with Gasteiger partial charge in [-0.25, -0.2) is 9.59 Å². The Kier molecular flexibility index (Phi) is 4.94. The molecule has 0 amide bonds. The molecular formula is C10H16O6. The van der Waals surface area contributed by atoms with Crippen molar-refractivity contribution in [2.24, 2.45) is 0 Å². The van der Waals surface area contributed by atoms with Crippen molar-refractivity contribution >= 4 is 17.9 Å². The van der Waals surface area contributed by atoms with E-state index in [-0.39, 0.29) is 0 Å². The zero-order chi connectivity index (χ0) is 12.9. The highest BCUT2D eigenvalue weighted by atomic mass is 16.6. The van der Waals surface area contributed by atoms with Crippen LogP contribution >= 0.6 is 0 Å². The van der Waals surface area contributed by atoms with Crippen LogP contribution in [0.25, 0.3) is 0 Å². The van der Waals surface area contributed by atoms with Gasteiger partial charge in [-0.1, -0.05) is 0 Å². The lowest BCUT2D eigenvalue weighted by Crippen LogP contribution is -2.41. The fourth-order valence-electron chi connectivity index (χ4n) is 0.918. The molecule has 92 valence electrons. The number of hydrogen-bond acceptors (Lipinski definition) is 6. The zero-order valence-electron chi connectivity index (χ0n) is 10.0. The second kappa shape index (κ2) is 5.48. The maximum atomic E-state index is 11.5. The first-order valence-corrected chi connectivity index (χ1v) is 4.69. The molecule has 1 unspecified atom stereocenters. The normalized spacial score (nSPS) is 12.6. The molecule has 0 N–H and O–H groups in total. The molecular weight excluding hydrogens is 216 g/mol. The van der Waals surface area contributed by atoms with Gasteiger partial charge < -0.3 is 14.2 Å². The molecule has 0 aliphatic rings. The SMILES string of the molecule is COC(=O)C(C)OC(=O)C(C)(C)OC(C)=O. The van der Waals surface area contributed by atoms with Crippen molar-refractivity contribution in [3.63, 3.8) is 0 Å². The van der Waals surface area contributed by atoms with Gasteiger partial charge in [0.05, 0.1) is 7.11 Å². The summed E-state index contributed by atoms with van der Waals surface area (Å²) in [5.74, 6) is -2.08. The molecule has 16 heavy (non-hydrogen) atoms. The maximum absolute atomic E-state index is 11.5. The third kappa shape index (κ3) is 4.29. The first-order valence-electron chi connectivity index (χ1n) is 4.69. The third-order valence-corrected chi connectivity index (χ3v) is 1.71. The molecule has 0 radical (unpaired) electrons. The van der Waals surface area contributed by atoms with E-state index in [4.69, 9.17) is 9.47 Å². The quantitative estimate of drug-likeness (QED) is 0.516. The number of methoxy groups -OCH3 is 1. The van der Waals surface area contributed by atoms with Crippen LogP contribution in [0.5, 0.6) is 0 Å². The first-order chi connectivity index (χ1) is 7.20. The van der Waals surface area contributed by atoms with E-state index in [1.165, 1.54) is 34.8 Å². The topological polar surface area (TPSA) is 78.9 Å². The van der Waals surface area contributed by atoms with Crippen molar-refractivity contribution in [2.75, 3.05) is 7.11 Å². The molecule has 0 heterocycles. The second-order valence-corrected chi connectivity index (χ2v) is 3.67. The van der Waals surface area contributed by atoms with Crippen LogP contribution in [0.2, 0.25) is 0 Å². The van der Waals surface area contributed by atoms with Crippen molar-refractivity contribution in [2.45, 2.75) is 39.4 Å². The molecule has 0 aliphatic heterocycles. The molecule has 6 heteroatoms. The Morgan fingerprint density at radius 2 is 1.69 bits per heavy atom. The van der Waals surface area contributed by atoms with Gasteiger partial charge in [0.25, 0.3) is 0 Å². The molecule has 0 saturated carbocycles. The minimum absolute atomic E-state index is 0.604. The molecule has 0 aromatic carbocycles. The van der Waals surface area contributed by atoms with E-state index in [0.29, 0.717) is 0 Å². The van der Waals surface area contributed by atoms with E-state index in [1.54, 1.807) is 0 Å². The summed E-state index contributed by atoms with van der Waals surface area (Å²) < 4.78 is 13.9. The smallest absolute Gasteiger partial charge is 0.350 e. The largest absolute Gasteiger partial charge is 0.466 e. The lowest BCUT2D eigenvalue weighted by Gasteiger charge is -2.23. The van der Waals surface area contributed by atoms with Crippen LogP contribution in [0.1, 0.15) is 27.7 Å². The fraction of sp³-hybridized carbons (Fsp3) is 0.700. The molecule has 0 fully saturated rings. The van der Waals surface area contributed by atoms with Crippen molar-refractivity contribution < 1.29 is 28.6 Å². The van der Waals surface area contributed by atoms with Gasteiger partial charge in [-0.3, -0.25) is 4.79 Å². The summed E-state index contributed by atoms with van der Waals surface area (Å²) in [6.45, 7) is 5.30. The van der Waals surface area contributed by atoms with Crippen molar-refractivity contribution in [1.29, 1.82) is 0 Å². The molecule has 0 aromatic rings. The van der Waals surface area contributed by atoms with Crippen LogP contribution in [-0.4, -0.2) is 36.7 Å². The number of hydrogen-bond donors (Lipinski definition) is 0. The van der Waals surface area contributed by atoms with Gasteiger partial charge in [0.1, 0.15) is 0 Å². The second-order valence-electron chi connectivity index (χ2n) is 3.67. The van der Waals surface area contributed by atoms with E-state index < -0.39 is 29.6 Å². The molecule has 0 saturated heterocycles. The highest BCUT2D eigenvalue weighted by Gasteiger charge is 2.35. The Hall–Kier alpha value is -1.59. The first kappa shape index (κ1) is 14.4. The van der Waals surface area contributed by atoms with Gasteiger partial charge in [-0.05, 0) is 20.8 Å². The predicted molar refractivity (Wildman–Crippen MR) is 53.4 cm³/mol. The van der Waals surface area contributed by atoms with Crippen molar-refractivity contribution in [1.82, 2.24) is 0 Å². The number of esters is 3. The highest BCUT2D eigenvalue weighted by Crippen LogP contribution is 2.13. The van der Waals surface area contributed by atoms with Crippen molar-refractivity contribution in [3.05, 3.63) is 0 Å². The van der Waals surface area contributed by atoms with Crippen molar-refractivity contribution in [3.8, 4) is 0 Å². The van der Waals surface area contributed by atoms with E-state index in [9.17, 15) is 14.4 Å². The summed E-state index contributed by atoms with van der Waals surface area (Å²) in [5, 5.41) is 0. The summed E-state index contributed by atoms with van der Waals surface area (Å²) in [4.78, 5) is 33.2. The van der Waals surface area contributed by atoms with Crippen LogP contribution in [0.15, 0.2) is 0 Å². The molecule has 1 atom stereocenters. The van der Waals surface area contributed by atoms with Gasteiger partial charge in [-0.2, -0.15) is 0 Å². The van der Waals surface area contributed by atoms with E-state index in [1.807, 2.05) is 0 Å². The van der Waals surface area contributed by atoms with Crippen LogP contribution in [0.4, 0.5) is 0 Å². The Bertz CT molecular complexity index is 294. The predicted octanol–water partition coefficient (Wildman–Crippen LogP) is 0.433. The number of carbonyl (C=O) groups is 3. The molecule has 6 nitrogen and oxygen atoms in total. The highest BCUT2D eigenvalue weighted by molar-refractivity contribution is 5.85. The van der Waals surface area contributed by atoms with Gasteiger partial charge in [0.2, 0.25) is 5.60 Å². The Morgan fingerprint density at radius 1 is 1.19 bits per heavy atom. The van der Waals surface area contributed by atoms with Gasteiger partial charge in [0.15, 0.2) is 6.10 Å². The fourth-order valence-corrected chi connectivity index (χ4v) is 0.918. The minimum Gasteiger partial charge on any atom is -0.466 e. The summed E-state index contributed by atoms with van der Waals surface area (Å²) >= 11 is 0. The van der Waals surface area contributed by atoms with Crippen LogP contribution < -0.4 is 0 Å². The Balaban J connectivity index is 4.45. The lowest BCUT2D eigenvalue weighted by atomic mass is 10.1. The zero-order valence-corrected chi connectivity index (χ0v) is 10.0. The van der Waals surface area contributed by atoms with E-state index in [0.717, 1.165) is 0 Å². The summed E-state index contributed by atoms with van der Waals surface area (Å²) in [5.41, 5.74) is -1.42. The average molecular weight is 232 g/mol. The number of rotatable bonds is 4.